The molecule has 0 unspecified atom stereocenters. The van der Waals surface area contributed by atoms with Crippen LogP contribution < -0.4 is 5.32 Å². The van der Waals surface area contributed by atoms with Crippen molar-refractivity contribution in [3.8, 4) is 6.07 Å². The van der Waals surface area contributed by atoms with E-state index >= 15 is 0 Å². The van der Waals surface area contributed by atoms with Gasteiger partial charge in [-0.2, -0.15) is 5.26 Å². The van der Waals surface area contributed by atoms with Gasteiger partial charge in [0.2, 0.25) is 5.91 Å². The Bertz CT molecular complexity index is 424. The Kier molecular flexibility index (Phi) is 4.32. The maximum Gasteiger partial charge on any atom is 0.315 e. The molecule has 1 N–H and O–H groups in total. The van der Waals surface area contributed by atoms with E-state index in [1.165, 1.54) is 13.0 Å². The summed E-state index contributed by atoms with van der Waals surface area (Å²) < 4.78 is 10.3. The maximum atomic E-state index is 11.8. The van der Waals surface area contributed by atoms with Gasteiger partial charge in [-0.3, -0.25) is 9.59 Å². The first kappa shape index (κ1) is 14.0. The number of hydrogen-bond donors (Lipinski definition) is 1. The Hall–Kier alpha value is -2.03. The maximum absolute atomic E-state index is 11.8. The predicted molar refractivity (Wildman–Crippen MR) is 61.7 cm³/mol. The van der Waals surface area contributed by atoms with Crippen LogP contribution >= 0.6 is 0 Å². The number of nitrogens with one attached hydrogen (secondary N) is 1. The Labute approximate surface area is 106 Å². The highest BCUT2D eigenvalue weighted by molar-refractivity contribution is 5.78. The van der Waals surface area contributed by atoms with E-state index < -0.39 is 17.6 Å². The Morgan fingerprint density at radius 3 is 2.89 bits per heavy atom. The zero-order chi connectivity index (χ0) is 13.8. The molecule has 0 aromatic heterocycles. The highest BCUT2D eigenvalue weighted by Gasteiger charge is 2.45. The van der Waals surface area contributed by atoms with E-state index in [1.54, 1.807) is 13.8 Å². The third-order valence-corrected chi connectivity index (χ3v) is 2.63. The Balaban J connectivity index is 2.99. The highest BCUT2D eigenvalue weighted by atomic mass is 16.5. The molecular formula is C12H16N2O4. The number of allylic oxidation sites excluding steroid dienone is 2. The van der Waals surface area contributed by atoms with Gasteiger partial charge in [0.05, 0.1) is 6.61 Å². The van der Waals surface area contributed by atoms with Gasteiger partial charge in [0.25, 0.3) is 0 Å². The quantitative estimate of drug-likeness (QED) is 0.752. The second-order valence-electron chi connectivity index (χ2n) is 4.11. The molecule has 0 spiro atoms. The van der Waals surface area contributed by atoms with Crippen LogP contribution in [0.25, 0.3) is 0 Å². The molecule has 0 fully saturated rings. The van der Waals surface area contributed by atoms with Crippen molar-refractivity contribution in [3.63, 3.8) is 0 Å². The molecule has 0 bridgehead atoms. The van der Waals surface area contributed by atoms with E-state index in [0.29, 0.717) is 6.42 Å². The van der Waals surface area contributed by atoms with Crippen molar-refractivity contribution in [2.75, 3.05) is 6.61 Å². The smallest absolute Gasteiger partial charge is 0.315 e. The Morgan fingerprint density at radius 2 is 2.39 bits per heavy atom. The zero-order valence-electron chi connectivity index (χ0n) is 10.6. The monoisotopic (exact) mass is 252 g/mol. The number of nitriles is 1. The largest absolute Gasteiger partial charge is 0.466 e. The fourth-order valence-electron chi connectivity index (χ4n) is 1.89. The molecule has 1 aliphatic rings. The van der Waals surface area contributed by atoms with E-state index in [4.69, 9.17) is 14.7 Å². The van der Waals surface area contributed by atoms with Crippen molar-refractivity contribution in [3.05, 3.63) is 11.8 Å². The first-order valence-electron chi connectivity index (χ1n) is 5.67. The third-order valence-electron chi connectivity index (χ3n) is 2.63. The van der Waals surface area contributed by atoms with Crippen LogP contribution in [0.2, 0.25) is 0 Å². The molecule has 98 valence electrons. The highest BCUT2D eigenvalue weighted by Crippen LogP contribution is 2.31. The van der Waals surface area contributed by atoms with Crippen molar-refractivity contribution in [2.24, 2.45) is 5.92 Å². The van der Waals surface area contributed by atoms with Gasteiger partial charge in [-0.15, -0.1) is 0 Å². The van der Waals surface area contributed by atoms with Gasteiger partial charge in [0, 0.05) is 6.92 Å². The van der Waals surface area contributed by atoms with Gasteiger partial charge in [0.1, 0.15) is 12.0 Å². The second kappa shape index (κ2) is 5.54. The standard InChI is InChI=1S/C12H16N2O4/c1-4-17-11(16)10-6-5-9(7-13)18-12(10,3)14-8(2)15/h5,10H,4,6H2,1-3H3,(H,14,15)/t10-,12-/m1/s1. The second-order valence-corrected chi connectivity index (χ2v) is 4.11. The molecule has 6 heteroatoms. The number of carbonyl (C=O) groups is 2. The van der Waals surface area contributed by atoms with Crippen LogP contribution in [0.3, 0.4) is 0 Å². The summed E-state index contributed by atoms with van der Waals surface area (Å²) in [5.41, 5.74) is -1.25. The van der Waals surface area contributed by atoms with Crippen LogP contribution in [0.4, 0.5) is 0 Å². The van der Waals surface area contributed by atoms with Crippen molar-refractivity contribution < 1.29 is 19.1 Å². The minimum Gasteiger partial charge on any atom is -0.466 e. The van der Waals surface area contributed by atoms with Gasteiger partial charge >= 0.3 is 5.97 Å². The number of esters is 1. The molecule has 6 nitrogen and oxygen atoms in total. The van der Waals surface area contributed by atoms with Gasteiger partial charge < -0.3 is 14.8 Å². The fraction of sp³-hybridized carbons (Fsp3) is 0.583. The summed E-state index contributed by atoms with van der Waals surface area (Å²) >= 11 is 0. The minimum absolute atomic E-state index is 0.0896. The first-order chi connectivity index (χ1) is 8.42. The van der Waals surface area contributed by atoms with Crippen LogP contribution in [0.5, 0.6) is 0 Å². The molecule has 0 aliphatic carbocycles. The lowest BCUT2D eigenvalue weighted by atomic mass is 9.90. The molecule has 0 aromatic rings. The average Bonchev–Trinajstić information content (AvgIpc) is 2.27. The van der Waals surface area contributed by atoms with Crippen molar-refractivity contribution in [1.82, 2.24) is 5.32 Å². The van der Waals surface area contributed by atoms with E-state index in [-0.39, 0.29) is 18.3 Å². The number of ether oxygens (including phenoxy) is 2. The summed E-state index contributed by atoms with van der Waals surface area (Å²) in [5.74, 6) is -1.38. The molecule has 1 aliphatic heterocycles. The lowest BCUT2D eigenvalue weighted by Gasteiger charge is -2.38. The minimum atomic E-state index is -1.25. The molecule has 1 amide bonds. The molecule has 2 atom stereocenters. The summed E-state index contributed by atoms with van der Waals surface area (Å²) in [4.78, 5) is 23.0. The van der Waals surface area contributed by atoms with Crippen LogP contribution in [0, 0.1) is 17.2 Å². The molecule has 1 heterocycles. The van der Waals surface area contributed by atoms with Crippen LogP contribution in [0.15, 0.2) is 11.8 Å². The summed E-state index contributed by atoms with van der Waals surface area (Å²) in [7, 11) is 0. The van der Waals surface area contributed by atoms with Gasteiger partial charge in [-0.05, 0) is 26.3 Å². The van der Waals surface area contributed by atoms with Crippen LogP contribution in [-0.2, 0) is 19.1 Å². The number of rotatable bonds is 3. The summed E-state index contributed by atoms with van der Waals surface area (Å²) in [5, 5.41) is 11.4. The first-order valence-corrected chi connectivity index (χ1v) is 5.67. The van der Waals surface area contributed by atoms with E-state index in [2.05, 4.69) is 5.32 Å². The summed E-state index contributed by atoms with van der Waals surface area (Å²) in [6, 6.07) is 1.86. The molecule has 18 heavy (non-hydrogen) atoms. The number of amides is 1. The third kappa shape index (κ3) is 3.00. The zero-order valence-corrected chi connectivity index (χ0v) is 10.6. The van der Waals surface area contributed by atoms with Gasteiger partial charge in [0.15, 0.2) is 11.5 Å². The summed E-state index contributed by atoms with van der Waals surface area (Å²) in [6.45, 7) is 4.83. The Morgan fingerprint density at radius 1 is 1.72 bits per heavy atom. The van der Waals surface area contributed by atoms with Crippen molar-refractivity contribution in [2.45, 2.75) is 32.9 Å². The summed E-state index contributed by atoms with van der Waals surface area (Å²) in [6.07, 6.45) is 1.81. The molecule has 0 saturated carbocycles. The SMILES string of the molecule is CCOC(=O)[C@H]1CC=C(C#N)O[C@@]1(C)NC(C)=O. The lowest BCUT2D eigenvalue weighted by Crippen LogP contribution is -2.56. The molecule has 0 saturated heterocycles. The average molecular weight is 252 g/mol. The number of carbonyl (C=O) groups excluding carboxylic acids is 2. The molecule has 0 aromatic carbocycles. The number of hydrogen-bond acceptors (Lipinski definition) is 5. The van der Waals surface area contributed by atoms with Gasteiger partial charge in [-0.1, -0.05) is 0 Å². The van der Waals surface area contributed by atoms with E-state index in [1.807, 2.05) is 6.07 Å². The molecular weight excluding hydrogens is 236 g/mol. The number of nitrogens with zero attached hydrogens (tertiary/aromatic N) is 1. The predicted octanol–water partition coefficient (Wildman–Crippen LogP) is 0.846. The van der Waals surface area contributed by atoms with E-state index in [0.717, 1.165) is 0 Å². The van der Waals surface area contributed by atoms with E-state index in [9.17, 15) is 9.59 Å². The topological polar surface area (TPSA) is 88.4 Å². The molecule has 1 rings (SSSR count). The fourth-order valence-corrected chi connectivity index (χ4v) is 1.89. The lowest BCUT2D eigenvalue weighted by molar-refractivity contribution is -0.164. The normalized spacial score (nSPS) is 26.3. The van der Waals surface area contributed by atoms with Gasteiger partial charge in [-0.25, -0.2) is 0 Å². The van der Waals surface area contributed by atoms with Crippen molar-refractivity contribution in [1.29, 1.82) is 5.26 Å². The van der Waals surface area contributed by atoms with Crippen molar-refractivity contribution >= 4 is 11.9 Å². The van der Waals surface area contributed by atoms with Crippen LogP contribution in [0.1, 0.15) is 27.2 Å². The van der Waals surface area contributed by atoms with Crippen LogP contribution in [-0.4, -0.2) is 24.2 Å². The molecule has 0 radical (unpaired) electrons.